The van der Waals surface area contributed by atoms with Crippen LogP contribution in [0.4, 0.5) is 0 Å². The molecule has 3 saturated heterocycles. The Morgan fingerprint density at radius 3 is 2.81 bits per heavy atom. The van der Waals surface area contributed by atoms with Crippen molar-refractivity contribution in [1.29, 1.82) is 0 Å². The van der Waals surface area contributed by atoms with Gasteiger partial charge in [0.2, 0.25) is 0 Å². The standard InChI is InChI=1S/C19H21N5OS.ClH/c1-11-10-26-19(20-11)13-2-3-14-15(8-13)22-23-17(14)18(25)21-16-9-24-6-4-12(16)5-7-24;/h2-3,8,10,12,16H,4-7,9H2,1H3,(H,21,25)(H,22,23);1H/t16-;/m1./s1. The lowest BCUT2D eigenvalue weighted by molar-refractivity contribution is 0.0618. The molecule has 3 aromatic rings. The SMILES string of the molecule is Cc1csc(-c2ccc3c(C(=O)N[C@@H]4CN5CCC4CC5)n[nH]c3c2)n1.Cl. The lowest BCUT2D eigenvalue weighted by atomic mass is 9.84. The van der Waals surface area contributed by atoms with Crippen molar-refractivity contribution in [3.63, 3.8) is 0 Å². The molecule has 1 amide bonds. The highest BCUT2D eigenvalue weighted by molar-refractivity contribution is 7.13. The molecule has 0 radical (unpaired) electrons. The van der Waals surface area contributed by atoms with Gasteiger partial charge < -0.3 is 10.2 Å². The number of aryl methyl sites for hydroxylation is 1. The highest BCUT2D eigenvalue weighted by Gasteiger charge is 2.35. The first kappa shape index (κ1) is 18.4. The molecule has 1 aromatic carbocycles. The molecule has 2 N–H and O–H groups in total. The van der Waals surface area contributed by atoms with Crippen molar-refractivity contribution in [1.82, 2.24) is 25.4 Å². The first-order valence-electron chi connectivity index (χ1n) is 9.11. The lowest BCUT2D eigenvalue weighted by Gasteiger charge is -2.44. The highest BCUT2D eigenvalue weighted by Crippen LogP contribution is 2.29. The van der Waals surface area contributed by atoms with Gasteiger partial charge in [-0.15, -0.1) is 23.7 Å². The monoisotopic (exact) mass is 403 g/mol. The number of carbonyl (C=O) groups is 1. The van der Waals surface area contributed by atoms with E-state index >= 15 is 0 Å². The average molecular weight is 404 g/mol. The molecule has 3 aliphatic rings. The second-order valence-corrected chi connectivity index (χ2v) is 8.20. The van der Waals surface area contributed by atoms with Crippen molar-refractivity contribution < 1.29 is 4.79 Å². The van der Waals surface area contributed by atoms with Crippen LogP contribution in [-0.2, 0) is 0 Å². The van der Waals surface area contributed by atoms with Gasteiger partial charge in [-0.3, -0.25) is 9.89 Å². The van der Waals surface area contributed by atoms with Crippen molar-refractivity contribution in [2.45, 2.75) is 25.8 Å². The summed E-state index contributed by atoms with van der Waals surface area (Å²) in [4.78, 5) is 19.8. The van der Waals surface area contributed by atoms with E-state index in [1.54, 1.807) is 11.3 Å². The molecule has 142 valence electrons. The molecule has 0 unspecified atom stereocenters. The van der Waals surface area contributed by atoms with Crippen molar-refractivity contribution >= 4 is 40.6 Å². The van der Waals surface area contributed by atoms with Crippen molar-refractivity contribution in [2.24, 2.45) is 5.92 Å². The third-order valence-corrected chi connectivity index (χ3v) is 6.63. The molecule has 27 heavy (non-hydrogen) atoms. The number of nitrogens with zero attached hydrogens (tertiary/aromatic N) is 3. The number of benzene rings is 1. The Bertz CT molecular complexity index is 976. The van der Waals surface area contributed by atoms with Gasteiger partial charge in [-0.2, -0.15) is 5.10 Å². The third kappa shape index (κ3) is 3.35. The predicted octanol–water partition coefficient (Wildman–Crippen LogP) is 3.24. The van der Waals surface area contributed by atoms with Crippen LogP contribution >= 0.6 is 23.7 Å². The summed E-state index contributed by atoms with van der Waals surface area (Å²) in [6, 6.07) is 6.25. The van der Waals surface area contributed by atoms with E-state index in [1.807, 2.05) is 30.5 Å². The van der Waals surface area contributed by atoms with Crippen LogP contribution < -0.4 is 5.32 Å². The second-order valence-electron chi connectivity index (χ2n) is 7.34. The molecule has 3 fully saturated rings. The molecule has 1 atom stereocenters. The van der Waals surface area contributed by atoms with Crippen LogP contribution in [0, 0.1) is 12.8 Å². The number of hydrogen-bond acceptors (Lipinski definition) is 5. The molecule has 2 aromatic heterocycles. The number of thiazole rings is 1. The van der Waals surface area contributed by atoms with Crippen LogP contribution in [0.5, 0.6) is 0 Å². The minimum Gasteiger partial charge on any atom is -0.346 e. The normalized spacial score (nSPS) is 24.0. The van der Waals surface area contributed by atoms with E-state index in [-0.39, 0.29) is 24.4 Å². The van der Waals surface area contributed by atoms with Crippen LogP contribution in [0.25, 0.3) is 21.5 Å². The number of H-pyrrole nitrogens is 1. The fraction of sp³-hybridized carbons (Fsp3) is 0.421. The molecule has 2 bridgehead atoms. The summed E-state index contributed by atoms with van der Waals surface area (Å²) in [6.07, 6.45) is 2.37. The molecule has 0 spiro atoms. The van der Waals surface area contributed by atoms with Gasteiger partial charge in [0.15, 0.2) is 5.69 Å². The summed E-state index contributed by atoms with van der Waals surface area (Å²) >= 11 is 1.63. The van der Waals surface area contributed by atoms with Gasteiger partial charge in [0.1, 0.15) is 5.01 Å². The van der Waals surface area contributed by atoms with E-state index in [2.05, 4.69) is 25.4 Å². The van der Waals surface area contributed by atoms with E-state index in [9.17, 15) is 4.79 Å². The smallest absolute Gasteiger partial charge is 0.272 e. The first-order chi connectivity index (χ1) is 12.7. The Morgan fingerprint density at radius 2 is 2.15 bits per heavy atom. The minimum absolute atomic E-state index is 0. The number of aromatic amines is 1. The summed E-state index contributed by atoms with van der Waals surface area (Å²) < 4.78 is 0. The second kappa shape index (κ2) is 7.22. The molecular weight excluding hydrogens is 382 g/mol. The van der Waals surface area contributed by atoms with Gasteiger partial charge >= 0.3 is 0 Å². The number of halogens is 1. The average Bonchev–Trinajstić information content (AvgIpc) is 3.28. The first-order valence-corrected chi connectivity index (χ1v) is 9.99. The summed E-state index contributed by atoms with van der Waals surface area (Å²) in [5.74, 6) is 0.529. The van der Waals surface area contributed by atoms with E-state index in [1.165, 1.54) is 25.9 Å². The van der Waals surface area contributed by atoms with Crippen LogP contribution in [0.2, 0.25) is 0 Å². The number of fused-ring (bicyclic) bond motifs is 4. The quantitative estimate of drug-likeness (QED) is 0.704. The number of amides is 1. The Hall–Kier alpha value is -1.96. The maximum Gasteiger partial charge on any atom is 0.272 e. The van der Waals surface area contributed by atoms with E-state index < -0.39 is 0 Å². The topological polar surface area (TPSA) is 73.9 Å². The van der Waals surface area contributed by atoms with Gasteiger partial charge in [-0.1, -0.05) is 6.07 Å². The van der Waals surface area contributed by atoms with Crippen LogP contribution in [0.15, 0.2) is 23.6 Å². The molecule has 3 aliphatic heterocycles. The zero-order chi connectivity index (χ0) is 17.7. The Labute approximate surface area is 167 Å². The summed E-state index contributed by atoms with van der Waals surface area (Å²) in [6.45, 7) is 5.29. The number of rotatable bonds is 3. The molecule has 0 saturated carbocycles. The number of hydrogen-bond donors (Lipinski definition) is 2. The maximum atomic E-state index is 12.8. The Kier molecular flexibility index (Phi) is 4.92. The summed E-state index contributed by atoms with van der Waals surface area (Å²) in [7, 11) is 0. The zero-order valence-electron chi connectivity index (χ0n) is 15.1. The number of piperidine rings is 3. The van der Waals surface area contributed by atoms with Gasteiger partial charge in [0.25, 0.3) is 5.91 Å². The van der Waals surface area contributed by atoms with Crippen LogP contribution in [0.1, 0.15) is 29.0 Å². The van der Waals surface area contributed by atoms with Crippen molar-refractivity contribution in [3.05, 3.63) is 35.0 Å². The fourth-order valence-corrected chi connectivity index (χ4v) is 4.97. The van der Waals surface area contributed by atoms with Crippen molar-refractivity contribution in [2.75, 3.05) is 19.6 Å². The molecule has 6 nitrogen and oxygen atoms in total. The lowest BCUT2D eigenvalue weighted by Crippen LogP contribution is -2.57. The molecule has 8 heteroatoms. The van der Waals surface area contributed by atoms with Gasteiger partial charge in [0.05, 0.1) is 5.52 Å². The fourth-order valence-electron chi connectivity index (χ4n) is 4.18. The summed E-state index contributed by atoms with van der Waals surface area (Å²) in [5.41, 5.74) is 3.42. The van der Waals surface area contributed by atoms with Crippen LogP contribution in [0.3, 0.4) is 0 Å². The predicted molar refractivity (Wildman–Crippen MR) is 110 cm³/mol. The van der Waals surface area contributed by atoms with E-state index in [0.717, 1.165) is 33.7 Å². The molecule has 0 aliphatic carbocycles. The van der Waals surface area contributed by atoms with Gasteiger partial charge in [0, 0.05) is 34.6 Å². The van der Waals surface area contributed by atoms with Crippen LogP contribution in [-0.4, -0.2) is 51.7 Å². The highest BCUT2D eigenvalue weighted by atomic mass is 35.5. The van der Waals surface area contributed by atoms with Gasteiger partial charge in [-0.05, 0) is 50.9 Å². The summed E-state index contributed by atoms with van der Waals surface area (Å²) in [5, 5.41) is 14.4. The number of carbonyl (C=O) groups excluding carboxylic acids is 1. The number of aromatic nitrogens is 3. The van der Waals surface area contributed by atoms with E-state index in [4.69, 9.17) is 0 Å². The maximum absolute atomic E-state index is 12.8. The molecular formula is C19H22ClN5OS. The molecule has 5 heterocycles. The number of nitrogens with one attached hydrogen (secondary N) is 2. The largest absolute Gasteiger partial charge is 0.346 e. The zero-order valence-corrected chi connectivity index (χ0v) is 16.7. The van der Waals surface area contributed by atoms with E-state index in [0.29, 0.717) is 11.6 Å². The molecule has 6 rings (SSSR count). The van der Waals surface area contributed by atoms with Crippen molar-refractivity contribution in [3.8, 4) is 10.6 Å². The minimum atomic E-state index is -0.0761. The third-order valence-electron chi connectivity index (χ3n) is 5.62. The Balaban J connectivity index is 0.00000180. The Morgan fingerprint density at radius 1 is 1.33 bits per heavy atom. The van der Waals surface area contributed by atoms with Gasteiger partial charge in [-0.25, -0.2) is 4.98 Å².